The number of benzene rings is 1. The van der Waals surface area contributed by atoms with E-state index in [1.54, 1.807) is 6.20 Å². The van der Waals surface area contributed by atoms with Crippen LogP contribution < -0.4 is 5.56 Å². The molecular weight excluding hydrogens is 472 g/mol. The maximum absolute atomic E-state index is 13.8. The van der Waals surface area contributed by atoms with Crippen molar-refractivity contribution in [3.05, 3.63) is 39.8 Å². The van der Waals surface area contributed by atoms with E-state index in [4.69, 9.17) is 9.47 Å². The number of carbonyl (C=O) groups is 1. The number of likely N-dealkylation sites (N-methyl/N-ethyl adjacent to an activating group) is 1. The highest BCUT2D eigenvalue weighted by atomic mass is 16.5. The van der Waals surface area contributed by atoms with Gasteiger partial charge >= 0.3 is 0 Å². The second kappa shape index (κ2) is 9.83. The average molecular weight is 509 g/mol. The molecule has 3 aliphatic heterocycles. The number of amides is 1. The summed E-state index contributed by atoms with van der Waals surface area (Å²) >= 11 is 0. The molecule has 198 valence electrons. The van der Waals surface area contributed by atoms with E-state index in [-0.39, 0.29) is 17.5 Å². The van der Waals surface area contributed by atoms with Gasteiger partial charge in [-0.2, -0.15) is 5.10 Å². The van der Waals surface area contributed by atoms with Gasteiger partial charge in [-0.1, -0.05) is 0 Å². The summed E-state index contributed by atoms with van der Waals surface area (Å²) in [6.07, 6.45) is 3.36. The normalized spacial score (nSPS) is 24.1. The standard InChI is InChI=1S/C27H36N6O4/c1-17-12-22-20(25-21(26(34)29-22)14-28-33(25)18-4-10-36-11-5-18)13-19(17)27(35)32-8-6-31(7-9-32)24-16-37-15-23(24)30(2)3/h12-14,18,23-24H,4-11,15-16H2,1-3H3,(H,29,34)/t23-,24-/m1/s1. The minimum absolute atomic E-state index is 0.0439. The Bertz CT molecular complexity index is 1370. The third-order valence-electron chi connectivity index (χ3n) is 8.43. The second-order valence-corrected chi connectivity index (χ2v) is 10.8. The minimum Gasteiger partial charge on any atom is -0.381 e. The number of pyridine rings is 1. The summed E-state index contributed by atoms with van der Waals surface area (Å²) in [5, 5.41) is 6.03. The van der Waals surface area contributed by atoms with Gasteiger partial charge in [-0.25, -0.2) is 0 Å². The van der Waals surface area contributed by atoms with E-state index in [1.165, 1.54) is 0 Å². The summed E-state index contributed by atoms with van der Waals surface area (Å²) in [5.41, 5.74) is 2.94. The Morgan fingerprint density at radius 2 is 1.81 bits per heavy atom. The summed E-state index contributed by atoms with van der Waals surface area (Å²) in [6.45, 7) is 7.87. The maximum Gasteiger partial charge on any atom is 0.259 e. The zero-order valence-corrected chi connectivity index (χ0v) is 21.9. The Labute approximate surface area is 216 Å². The molecular formula is C27H36N6O4. The third kappa shape index (κ3) is 4.35. The first-order valence-corrected chi connectivity index (χ1v) is 13.3. The van der Waals surface area contributed by atoms with Crippen LogP contribution in [0.3, 0.4) is 0 Å². The number of hydrogen-bond donors (Lipinski definition) is 1. The number of hydrogen-bond acceptors (Lipinski definition) is 7. The van der Waals surface area contributed by atoms with Crippen LogP contribution in [0.4, 0.5) is 0 Å². The van der Waals surface area contributed by atoms with E-state index in [1.807, 2.05) is 28.6 Å². The maximum atomic E-state index is 13.8. The number of ether oxygens (including phenoxy) is 2. The van der Waals surface area contributed by atoms with Gasteiger partial charge in [0.15, 0.2) is 0 Å². The number of nitrogens with zero attached hydrogens (tertiary/aromatic N) is 5. The molecule has 3 aromatic rings. The summed E-state index contributed by atoms with van der Waals surface area (Å²) in [4.78, 5) is 36.3. The summed E-state index contributed by atoms with van der Waals surface area (Å²) in [6, 6.07) is 4.82. The van der Waals surface area contributed by atoms with Gasteiger partial charge in [0.25, 0.3) is 11.5 Å². The summed E-state index contributed by atoms with van der Waals surface area (Å²) < 4.78 is 13.3. The van der Waals surface area contributed by atoms with Crippen molar-refractivity contribution < 1.29 is 14.3 Å². The van der Waals surface area contributed by atoms with Crippen molar-refractivity contribution in [3.8, 4) is 0 Å². The highest BCUT2D eigenvalue weighted by Gasteiger charge is 2.36. The van der Waals surface area contributed by atoms with Gasteiger partial charge in [-0.15, -0.1) is 0 Å². The van der Waals surface area contributed by atoms with Crippen LogP contribution in [-0.4, -0.2) is 114 Å². The lowest BCUT2D eigenvalue weighted by molar-refractivity contribution is 0.0493. The molecule has 5 heterocycles. The number of rotatable bonds is 4. The molecule has 0 radical (unpaired) electrons. The first-order valence-electron chi connectivity index (χ1n) is 13.3. The van der Waals surface area contributed by atoms with Crippen molar-refractivity contribution in [1.29, 1.82) is 0 Å². The summed E-state index contributed by atoms with van der Waals surface area (Å²) in [5.74, 6) is 0.0439. The van der Waals surface area contributed by atoms with Crippen LogP contribution in [0.5, 0.6) is 0 Å². The predicted octanol–water partition coefficient (Wildman–Crippen LogP) is 1.62. The highest BCUT2D eigenvalue weighted by Crippen LogP contribution is 2.30. The van der Waals surface area contributed by atoms with Crippen LogP contribution in [0, 0.1) is 6.92 Å². The van der Waals surface area contributed by atoms with Crippen LogP contribution in [0.25, 0.3) is 21.8 Å². The number of H-pyrrole nitrogens is 1. The Morgan fingerprint density at radius 3 is 2.54 bits per heavy atom. The molecule has 1 N–H and O–H groups in total. The predicted molar refractivity (Wildman–Crippen MR) is 141 cm³/mol. The monoisotopic (exact) mass is 508 g/mol. The number of fused-ring (bicyclic) bond motifs is 3. The van der Waals surface area contributed by atoms with Crippen molar-refractivity contribution in [1.82, 2.24) is 29.5 Å². The van der Waals surface area contributed by atoms with Gasteiger partial charge in [0, 0.05) is 50.3 Å². The van der Waals surface area contributed by atoms with Gasteiger partial charge in [0.2, 0.25) is 0 Å². The second-order valence-electron chi connectivity index (χ2n) is 10.8. The largest absolute Gasteiger partial charge is 0.381 e. The van der Waals surface area contributed by atoms with Gasteiger partial charge in [0.05, 0.1) is 54.0 Å². The van der Waals surface area contributed by atoms with Crippen molar-refractivity contribution in [2.45, 2.75) is 37.9 Å². The molecule has 0 unspecified atom stereocenters. The number of aromatic amines is 1. The van der Waals surface area contributed by atoms with E-state index in [0.717, 1.165) is 61.1 Å². The lowest BCUT2D eigenvalue weighted by Crippen LogP contribution is -2.56. The van der Waals surface area contributed by atoms with Gasteiger partial charge < -0.3 is 24.3 Å². The Hall–Kier alpha value is -2.79. The number of nitrogens with one attached hydrogen (secondary N) is 1. The minimum atomic E-state index is -0.151. The molecule has 2 atom stereocenters. The molecule has 10 heteroatoms. The molecule has 37 heavy (non-hydrogen) atoms. The quantitative estimate of drug-likeness (QED) is 0.572. The zero-order chi connectivity index (χ0) is 25.7. The molecule has 0 saturated carbocycles. The number of piperazine rings is 1. The number of aromatic nitrogens is 3. The number of aryl methyl sites for hydroxylation is 1. The molecule has 0 aliphatic carbocycles. The lowest BCUT2D eigenvalue weighted by Gasteiger charge is -2.40. The fourth-order valence-corrected chi connectivity index (χ4v) is 6.23. The van der Waals surface area contributed by atoms with Crippen LogP contribution in [0.15, 0.2) is 23.1 Å². The molecule has 3 fully saturated rings. The highest BCUT2D eigenvalue weighted by molar-refractivity contribution is 6.07. The Kier molecular flexibility index (Phi) is 6.52. The van der Waals surface area contributed by atoms with Crippen LogP contribution in [0.2, 0.25) is 0 Å². The SMILES string of the molecule is Cc1cc2[nH]c(=O)c3cnn(C4CCOCC4)c3c2cc1C(=O)N1CCN([C@@H]2COC[C@H]2N(C)C)CC1. The van der Waals surface area contributed by atoms with Crippen LogP contribution in [0.1, 0.15) is 34.8 Å². The molecule has 1 amide bonds. The van der Waals surface area contributed by atoms with Crippen molar-refractivity contribution >= 4 is 27.7 Å². The topological polar surface area (TPSA) is 95.9 Å². The molecule has 1 aromatic carbocycles. The Balaban J connectivity index is 1.29. The third-order valence-corrected chi connectivity index (χ3v) is 8.43. The van der Waals surface area contributed by atoms with E-state index < -0.39 is 0 Å². The van der Waals surface area contributed by atoms with E-state index in [2.05, 4.69) is 34.0 Å². The number of carbonyl (C=O) groups excluding carboxylic acids is 1. The smallest absolute Gasteiger partial charge is 0.259 e. The zero-order valence-electron chi connectivity index (χ0n) is 21.9. The molecule has 0 bridgehead atoms. The lowest BCUT2D eigenvalue weighted by atomic mass is 10.0. The fourth-order valence-electron chi connectivity index (χ4n) is 6.23. The molecule has 6 rings (SSSR count). The fraction of sp³-hybridized carbons (Fsp3) is 0.593. The first-order chi connectivity index (χ1) is 17.9. The molecule has 3 saturated heterocycles. The van der Waals surface area contributed by atoms with Crippen molar-refractivity contribution in [3.63, 3.8) is 0 Å². The van der Waals surface area contributed by atoms with Gasteiger partial charge in [-0.3, -0.25) is 19.2 Å². The summed E-state index contributed by atoms with van der Waals surface area (Å²) in [7, 11) is 4.21. The molecule has 2 aromatic heterocycles. The molecule has 3 aliphatic rings. The van der Waals surface area contributed by atoms with Crippen LogP contribution >= 0.6 is 0 Å². The Morgan fingerprint density at radius 1 is 1.05 bits per heavy atom. The van der Waals surface area contributed by atoms with Crippen LogP contribution in [-0.2, 0) is 9.47 Å². The molecule has 10 nitrogen and oxygen atoms in total. The first kappa shape index (κ1) is 24.5. The van der Waals surface area contributed by atoms with E-state index >= 15 is 0 Å². The van der Waals surface area contributed by atoms with Gasteiger partial charge in [-0.05, 0) is 51.6 Å². The van der Waals surface area contributed by atoms with Crippen molar-refractivity contribution in [2.75, 3.05) is 66.7 Å². The van der Waals surface area contributed by atoms with E-state index in [0.29, 0.717) is 49.3 Å². The van der Waals surface area contributed by atoms with Gasteiger partial charge in [0.1, 0.15) is 0 Å². The van der Waals surface area contributed by atoms with E-state index in [9.17, 15) is 9.59 Å². The average Bonchev–Trinajstić information content (AvgIpc) is 3.57. The van der Waals surface area contributed by atoms with Crippen molar-refractivity contribution in [2.24, 2.45) is 0 Å². The molecule has 0 spiro atoms.